The second-order valence-corrected chi connectivity index (χ2v) is 7.33. The molecule has 3 nitrogen and oxygen atoms in total. The fraction of sp³-hybridized carbons (Fsp3) is 0.600. The Morgan fingerprint density at radius 1 is 1.47 bits per heavy atom. The highest BCUT2D eigenvalue weighted by Gasteiger charge is 2.08. The molecule has 0 saturated carbocycles. The van der Waals surface area contributed by atoms with E-state index >= 15 is 0 Å². The van der Waals surface area contributed by atoms with Crippen molar-refractivity contribution < 1.29 is 8.42 Å². The topological polar surface area (TPSA) is 46.2 Å². The normalized spacial score (nSPS) is 14.1. The van der Waals surface area contributed by atoms with Crippen molar-refractivity contribution in [1.82, 2.24) is 5.32 Å². The first-order chi connectivity index (χ1) is 6.88. The van der Waals surface area contributed by atoms with Gasteiger partial charge in [-0.15, -0.1) is 11.3 Å². The lowest BCUT2D eigenvalue weighted by atomic mass is 10.3. The molecule has 0 fully saturated rings. The molecule has 1 unspecified atom stereocenters. The van der Waals surface area contributed by atoms with E-state index in [1.807, 2.05) is 6.92 Å². The van der Waals surface area contributed by atoms with E-state index in [1.54, 1.807) is 11.3 Å². The molecular weight excluding hydrogens is 230 g/mol. The molecule has 1 aromatic rings. The molecule has 1 heterocycles. The Labute approximate surface area is 95.4 Å². The molecular formula is C10H17NO2S2. The fourth-order valence-corrected chi connectivity index (χ4v) is 2.64. The highest BCUT2D eigenvalue weighted by atomic mass is 32.2. The maximum absolute atomic E-state index is 10.9. The zero-order valence-corrected chi connectivity index (χ0v) is 10.9. The molecule has 0 saturated heterocycles. The zero-order valence-electron chi connectivity index (χ0n) is 9.28. The van der Waals surface area contributed by atoms with Crippen molar-refractivity contribution in [2.24, 2.45) is 0 Å². The molecule has 0 aliphatic rings. The molecule has 1 rings (SSSR count). The van der Waals surface area contributed by atoms with Crippen LogP contribution in [-0.2, 0) is 9.84 Å². The Bertz CT molecular complexity index is 409. The van der Waals surface area contributed by atoms with Gasteiger partial charge in [-0.2, -0.15) is 0 Å². The Balaban J connectivity index is 2.40. The van der Waals surface area contributed by atoms with Gasteiger partial charge in [-0.1, -0.05) is 0 Å². The van der Waals surface area contributed by atoms with Gasteiger partial charge in [0.25, 0.3) is 0 Å². The molecule has 0 bridgehead atoms. The van der Waals surface area contributed by atoms with Gasteiger partial charge in [0.1, 0.15) is 9.84 Å². The van der Waals surface area contributed by atoms with Gasteiger partial charge in [-0.3, -0.25) is 0 Å². The summed E-state index contributed by atoms with van der Waals surface area (Å²) in [4.78, 5) is 2.53. The average Bonchev–Trinajstić information content (AvgIpc) is 2.49. The van der Waals surface area contributed by atoms with Gasteiger partial charge in [0, 0.05) is 28.6 Å². The summed E-state index contributed by atoms with van der Waals surface area (Å²) >= 11 is 1.74. The highest BCUT2D eigenvalue weighted by Crippen LogP contribution is 2.21. The highest BCUT2D eigenvalue weighted by molar-refractivity contribution is 7.90. The van der Waals surface area contributed by atoms with E-state index in [4.69, 9.17) is 0 Å². The molecule has 5 heteroatoms. The number of rotatable bonds is 5. The predicted octanol–water partition coefficient (Wildman–Crippen LogP) is 1.75. The van der Waals surface area contributed by atoms with Crippen LogP contribution in [0.2, 0.25) is 0 Å². The van der Waals surface area contributed by atoms with Crippen LogP contribution in [0.25, 0.3) is 0 Å². The standard InChI is InChI=1S/C10H17NO2S2/c1-8-4-5-10(14-8)9(2)11-6-7-15(3,12)13/h4-5,9,11H,6-7H2,1-3H3. The van der Waals surface area contributed by atoms with Gasteiger partial charge < -0.3 is 5.32 Å². The lowest BCUT2D eigenvalue weighted by Crippen LogP contribution is -2.24. The first kappa shape index (κ1) is 12.7. The number of aryl methyl sites for hydroxylation is 1. The summed E-state index contributed by atoms with van der Waals surface area (Å²) in [6, 6.07) is 4.39. The minimum atomic E-state index is -2.86. The van der Waals surface area contributed by atoms with Crippen LogP contribution >= 0.6 is 11.3 Å². The summed E-state index contributed by atoms with van der Waals surface area (Å²) < 4.78 is 21.8. The third-order valence-corrected chi connectivity index (χ3v) is 4.24. The monoisotopic (exact) mass is 247 g/mol. The molecule has 0 amide bonds. The van der Waals surface area contributed by atoms with Gasteiger partial charge >= 0.3 is 0 Å². The number of thiophene rings is 1. The second kappa shape index (κ2) is 5.09. The van der Waals surface area contributed by atoms with Crippen LogP contribution in [0.1, 0.15) is 22.7 Å². The lowest BCUT2D eigenvalue weighted by Gasteiger charge is -2.11. The summed E-state index contributed by atoms with van der Waals surface area (Å²) in [7, 11) is -2.86. The largest absolute Gasteiger partial charge is 0.308 e. The minimum absolute atomic E-state index is 0.196. The third-order valence-electron chi connectivity index (χ3n) is 2.11. The van der Waals surface area contributed by atoms with Gasteiger partial charge in [0.2, 0.25) is 0 Å². The van der Waals surface area contributed by atoms with Crippen LogP contribution in [0, 0.1) is 6.92 Å². The number of hydrogen-bond donors (Lipinski definition) is 1. The van der Waals surface area contributed by atoms with E-state index in [0.717, 1.165) is 0 Å². The molecule has 1 aromatic heterocycles. The van der Waals surface area contributed by atoms with Crippen LogP contribution in [-0.4, -0.2) is 27.0 Å². The first-order valence-corrected chi connectivity index (χ1v) is 7.73. The van der Waals surface area contributed by atoms with E-state index < -0.39 is 9.84 Å². The van der Waals surface area contributed by atoms with E-state index in [9.17, 15) is 8.42 Å². The molecule has 0 aliphatic carbocycles. The Hall–Kier alpha value is -0.390. The summed E-state index contributed by atoms with van der Waals surface area (Å²) in [5.41, 5.74) is 0. The van der Waals surface area contributed by atoms with E-state index in [1.165, 1.54) is 16.0 Å². The molecule has 1 atom stereocenters. The van der Waals surface area contributed by atoms with Gasteiger partial charge in [-0.25, -0.2) is 8.42 Å². The van der Waals surface area contributed by atoms with Gasteiger partial charge in [-0.05, 0) is 26.0 Å². The molecule has 0 aliphatic heterocycles. The van der Waals surface area contributed by atoms with Crippen LogP contribution in [0.4, 0.5) is 0 Å². The van der Waals surface area contributed by atoms with Gasteiger partial charge in [0.05, 0.1) is 5.75 Å². The second-order valence-electron chi connectivity index (χ2n) is 3.75. The third kappa shape index (κ3) is 4.77. The summed E-state index contributed by atoms with van der Waals surface area (Å²) in [5.74, 6) is 0.196. The Kier molecular flexibility index (Phi) is 4.31. The van der Waals surface area contributed by atoms with Crippen LogP contribution in [0.3, 0.4) is 0 Å². The maximum atomic E-state index is 10.9. The van der Waals surface area contributed by atoms with Gasteiger partial charge in [0.15, 0.2) is 0 Å². The minimum Gasteiger partial charge on any atom is -0.308 e. The van der Waals surface area contributed by atoms with Crippen LogP contribution in [0.5, 0.6) is 0 Å². The summed E-state index contributed by atoms with van der Waals surface area (Å²) in [5, 5.41) is 3.20. The van der Waals surface area contributed by atoms with E-state index in [2.05, 4.69) is 24.4 Å². The SMILES string of the molecule is Cc1ccc(C(C)NCCS(C)(=O)=O)s1. The predicted molar refractivity (Wildman–Crippen MR) is 65.2 cm³/mol. The Morgan fingerprint density at radius 2 is 2.13 bits per heavy atom. The van der Waals surface area contributed by atoms with Crippen molar-refractivity contribution in [3.8, 4) is 0 Å². The number of hydrogen-bond acceptors (Lipinski definition) is 4. The maximum Gasteiger partial charge on any atom is 0.148 e. The summed E-state index contributed by atoms with van der Waals surface area (Å²) in [6.45, 7) is 4.63. The molecule has 1 N–H and O–H groups in total. The summed E-state index contributed by atoms with van der Waals surface area (Å²) in [6.07, 6.45) is 1.26. The smallest absolute Gasteiger partial charge is 0.148 e. The molecule has 0 radical (unpaired) electrons. The van der Waals surface area contributed by atoms with Crippen LogP contribution < -0.4 is 5.32 Å². The molecule has 0 spiro atoms. The van der Waals surface area contributed by atoms with Crippen molar-refractivity contribution >= 4 is 21.2 Å². The quantitative estimate of drug-likeness (QED) is 0.862. The zero-order chi connectivity index (χ0) is 11.5. The van der Waals surface area contributed by atoms with Crippen molar-refractivity contribution in [1.29, 1.82) is 0 Å². The van der Waals surface area contributed by atoms with Crippen LogP contribution in [0.15, 0.2) is 12.1 Å². The van der Waals surface area contributed by atoms with Crippen molar-refractivity contribution in [2.75, 3.05) is 18.6 Å². The molecule has 0 aromatic carbocycles. The van der Waals surface area contributed by atoms with Crippen molar-refractivity contribution in [2.45, 2.75) is 19.9 Å². The van der Waals surface area contributed by atoms with E-state index in [-0.39, 0.29) is 11.8 Å². The van der Waals surface area contributed by atoms with Crippen molar-refractivity contribution in [3.05, 3.63) is 21.9 Å². The first-order valence-electron chi connectivity index (χ1n) is 4.86. The average molecular weight is 247 g/mol. The van der Waals surface area contributed by atoms with E-state index in [0.29, 0.717) is 6.54 Å². The number of nitrogens with one attached hydrogen (secondary N) is 1. The lowest BCUT2D eigenvalue weighted by molar-refractivity contribution is 0.579. The fourth-order valence-electron chi connectivity index (χ4n) is 1.25. The molecule has 86 valence electrons. The molecule has 15 heavy (non-hydrogen) atoms. The Morgan fingerprint density at radius 3 is 2.60 bits per heavy atom. The van der Waals surface area contributed by atoms with Crippen molar-refractivity contribution in [3.63, 3.8) is 0 Å². The number of sulfone groups is 1.